The summed E-state index contributed by atoms with van der Waals surface area (Å²) in [4.78, 5) is 11.9. The number of anilines is 2. The Morgan fingerprint density at radius 1 is 1.25 bits per heavy atom. The van der Waals surface area contributed by atoms with E-state index in [-0.39, 0.29) is 12.5 Å². The summed E-state index contributed by atoms with van der Waals surface area (Å²) in [6, 6.07) is 13.0. The summed E-state index contributed by atoms with van der Waals surface area (Å²) >= 11 is 2.21. The maximum Gasteiger partial charge on any atom is 0.262 e. The molecule has 0 aliphatic heterocycles. The van der Waals surface area contributed by atoms with E-state index in [4.69, 9.17) is 10.5 Å². The summed E-state index contributed by atoms with van der Waals surface area (Å²) in [6.07, 6.45) is 0. The largest absolute Gasteiger partial charge is 0.484 e. The summed E-state index contributed by atoms with van der Waals surface area (Å²) < 4.78 is 6.54. The average Bonchev–Trinajstić information content (AvgIpc) is 2.42. The number of nitrogens with two attached hydrogens (primary N) is 1. The third-order valence-corrected chi connectivity index (χ3v) is 3.47. The second kappa shape index (κ2) is 6.60. The molecule has 4 nitrogen and oxygen atoms in total. The van der Waals surface area contributed by atoms with Crippen molar-refractivity contribution in [1.82, 2.24) is 0 Å². The van der Waals surface area contributed by atoms with Crippen molar-refractivity contribution in [2.24, 2.45) is 0 Å². The Kier molecular flexibility index (Phi) is 4.84. The fourth-order valence-corrected chi connectivity index (χ4v) is 2.08. The van der Waals surface area contributed by atoms with Gasteiger partial charge < -0.3 is 15.8 Å². The van der Waals surface area contributed by atoms with Gasteiger partial charge in [-0.25, -0.2) is 0 Å². The van der Waals surface area contributed by atoms with E-state index >= 15 is 0 Å². The van der Waals surface area contributed by atoms with Crippen LogP contribution in [-0.2, 0) is 4.79 Å². The molecule has 104 valence electrons. The van der Waals surface area contributed by atoms with Gasteiger partial charge in [-0.1, -0.05) is 12.1 Å². The predicted molar refractivity (Wildman–Crippen MR) is 88.9 cm³/mol. The fraction of sp³-hybridized carbons (Fsp3) is 0.133. The Balaban J connectivity index is 1.94. The topological polar surface area (TPSA) is 64.3 Å². The van der Waals surface area contributed by atoms with Gasteiger partial charge in [0, 0.05) is 3.57 Å². The van der Waals surface area contributed by atoms with Crippen LogP contribution in [0.1, 0.15) is 5.56 Å². The van der Waals surface area contributed by atoms with Gasteiger partial charge in [-0.2, -0.15) is 0 Å². The zero-order valence-corrected chi connectivity index (χ0v) is 13.2. The first-order chi connectivity index (χ1) is 9.56. The van der Waals surface area contributed by atoms with E-state index in [1.165, 1.54) is 0 Å². The third-order valence-electron chi connectivity index (χ3n) is 2.75. The second-order valence-corrected chi connectivity index (χ2v) is 5.58. The Morgan fingerprint density at radius 2 is 1.95 bits per heavy atom. The molecular weight excluding hydrogens is 367 g/mol. The van der Waals surface area contributed by atoms with Crippen LogP contribution >= 0.6 is 22.6 Å². The monoisotopic (exact) mass is 382 g/mol. The van der Waals surface area contributed by atoms with E-state index in [2.05, 4.69) is 27.9 Å². The smallest absolute Gasteiger partial charge is 0.262 e. The van der Waals surface area contributed by atoms with Crippen LogP contribution < -0.4 is 15.8 Å². The van der Waals surface area contributed by atoms with Gasteiger partial charge in [0.25, 0.3) is 5.91 Å². The average molecular weight is 382 g/mol. The summed E-state index contributed by atoms with van der Waals surface area (Å²) in [7, 11) is 0. The third kappa shape index (κ3) is 3.86. The quantitative estimate of drug-likeness (QED) is 0.631. The molecule has 20 heavy (non-hydrogen) atoms. The molecule has 0 heterocycles. The standard InChI is InChI=1S/C15H15IN2O2/c1-10-3-2-4-13(17)15(10)18-14(19)9-20-12-7-5-11(16)6-8-12/h2-8H,9,17H2,1H3,(H,18,19). The maximum atomic E-state index is 11.9. The molecule has 3 N–H and O–H groups in total. The van der Waals surface area contributed by atoms with Gasteiger partial charge in [0.05, 0.1) is 11.4 Å². The van der Waals surface area contributed by atoms with Crippen molar-refractivity contribution in [1.29, 1.82) is 0 Å². The first kappa shape index (κ1) is 14.6. The van der Waals surface area contributed by atoms with Crippen LogP contribution in [0.4, 0.5) is 11.4 Å². The molecule has 0 saturated carbocycles. The Labute approximate surface area is 131 Å². The van der Waals surface area contributed by atoms with Crippen molar-refractivity contribution in [3.8, 4) is 5.75 Å². The Bertz CT molecular complexity index is 592. The molecule has 2 aromatic rings. The molecule has 0 bridgehead atoms. The Morgan fingerprint density at radius 3 is 2.60 bits per heavy atom. The van der Waals surface area contributed by atoms with Gasteiger partial charge in [0.1, 0.15) is 5.75 Å². The number of carbonyl (C=O) groups is 1. The van der Waals surface area contributed by atoms with E-state index in [1.807, 2.05) is 43.3 Å². The number of nitrogens with one attached hydrogen (secondary N) is 1. The number of carbonyl (C=O) groups excluding carboxylic acids is 1. The number of halogens is 1. The minimum Gasteiger partial charge on any atom is -0.484 e. The Hall–Kier alpha value is -1.76. The van der Waals surface area contributed by atoms with Crippen LogP contribution in [0.25, 0.3) is 0 Å². The fourth-order valence-electron chi connectivity index (χ4n) is 1.72. The number of aryl methyl sites for hydroxylation is 1. The highest BCUT2D eigenvalue weighted by Gasteiger charge is 2.08. The molecule has 0 radical (unpaired) electrons. The molecule has 0 saturated heterocycles. The molecule has 2 aromatic carbocycles. The van der Waals surface area contributed by atoms with Crippen LogP contribution in [0.5, 0.6) is 5.75 Å². The van der Waals surface area contributed by atoms with E-state index in [0.717, 1.165) is 9.13 Å². The van der Waals surface area contributed by atoms with Crippen LogP contribution in [0.3, 0.4) is 0 Å². The normalized spacial score (nSPS) is 10.1. The highest BCUT2D eigenvalue weighted by atomic mass is 127. The lowest BCUT2D eigenvalue weighted by atomic mass is 10.1. The van der Waals surface area contributed by atoms with Crippen LogP contribution in [0.15, 0.2) is 42.5 Å². The maximum absolute atomic E-state index is 11.9. The van der Waals surface area contributed by atoms with Crippen molar-refractivity contribution < 1.29 is 9.53 Å². The van der Waals surface area contributed by atoms with Crippen molar-refractivity contribution in [3.05, 3.63) is 51.6 Å². The van der Waals surface area contributed by atoms with E-state index in [0.29, 0.717) is 17.1 Å². The minimum atomic E-state index is -0.232. The predicted octanol–water partition coefficient (Wildman–Crippen LogP) is 3.20. The number of hydrogen-bond donors (Lipinski definition) is 2. The van der Waals surface area contributed by atoms with Gasteiger partial charge in [-0.05, 0) is 65.4 Å². The molecule has 0 spiro atoms. The SMILES string of the molecule is Cc1cccc(N)c1NC(=O)COc1ccc(I)cc1. The second-order valence-electron chi connectivity index (χ2n) is 4.33. The van der Waals surface area contributed by atoms with Gasteiger partial charge >= 0.3 is 0 Å². The van der Waals surface area contributed by atoms with Gasteiger partial charge in [0.2, 0.25) is 0 Å². The van der Waals surface area contributed by atoms with Crippen molar-refractivity contribution in [2.45, 2.75) is 6.92 Å². The number of benzene rings is 2. The number of nitrogen functional groups attached to an aromatic ring is 1. The van der Waals surface area contributed by atoms with Crippen LogP contribution in [0, 0.1) is 10.5 Å². The zero-order chi connectivity index (χ0) is 14.5. The van der Waals surface area contributed by atoms with Gasteiger partial charge in [0.15, 0.2) is 6.61 Å². The molecule has 0 fully saturated rings. The van der Waals surface area contributed by atoms with Gasteiger partial charge in [-0.3, -0.25) is 4.79 Å². The van der Waals surface area contributed by atoms with Crippen molar-refractivity contribution in [3.63, 3.8) is 0 Å². The molecule has 1 amide bonds. The molecule has 0 atom stereocenters. The highest BCUT2D eigenvalue weighted by molar-refractivity contribution is 14.1. The summed E-state index contributed by atoms with van der Waals surface area (Å²) in [5, 5.41) is 2.77. The van der Waals surface area contributed by atoms with Crippen molar-refractivity contribution in [2.75, 3.05) is 17.7 Å². The summed E-state index contributed by atoms with van der Waals surface area (Å²) in [5.41, 5.74) is 7.95. The van der Waals surface area contributed by atoms with Gasteiger partial charge in [-0.15, -0.1) is 0 Å². The highest BCUT2D eigenvalue weighted by Crippen LogP contribution is 2.22. The number of para-hydroxylation sites is 1. The van der Waals surface area contributed by atoms with E-state index < -0.39 is 0 Å². The number of ether oxygens (including phenoxy) is 1. The van der Waals surface area contributed by atoms with Crippen LogP contribution in [-0.4, -0.2) is 12.5 Å². The van der Waals surface area contributed by atoms with Crippen molar-refractivity contribution >= 4 is 39.9 Å². The number of amides is 1. The molecule has 0 aliphatic rings. The molecule has 2 rings (SSSR count). The number of hydrogen-bond acceptors (Lipinski definition) is 3. The first-order valence-corrected chi connectivity index (χ1v) is 7.17. The number of rotatable bonds is 4. The molecule has 0 aromatic heterocycles. The lowest BCUT2D eigenvalue weighted by Crippen LogP contribution is -2.21. The van der Waals surface area contributed by atoms with E-state index in [9.17, 15) is 4.79 Å². The molecular formula is C15H15IN2O2. The zero-order valence-electron chi connectivity index (χ0n) is 11.0. The lowest BCUT2D eigenvalue weighted by Gasteiger charge is -2.11. The molecule has 5 heteroatoms. The summed E-state index contributed by atoms with van der Waals surface area (Å²) in [6.45, 7) is 1.85. The van der Waals surface area contributed by atoms with E-state index in [1.54, 1.807) is 6.07 Å². The molecule has 0 unspecified atom stereocenters. The first-order valence-electron chi connectivity index (χ1n) is 6.09. The minimum absolute atomic E-state index is 0.0473. The van der Waals surface area contributed by atoms with Crippen LogP contribution in [0.2, 0.25) is 0 Å². The summed E-state index contributed by atoms with van der Waals surface area (Å²) in [5.74, 6) is 0.433. The molecule has 0 aliphatic carbocycles. The lowest BCUT2D eigenvalue weighted by molar-refractivity contribution is -0.118.